The minimum absolute atomic E-state index is 0.0594. The largest absolute Gasteiger partial charge is 0.494 e. The lowest BCUT2D eigenvalue weighted by molar-refractivity contribution is 0.00578. The maximum atomic E-state index is 14.6. The third-order valence-electron chi connectivity index (χ3n) is 5.82. The van der Waals surface area contributed by atoms with Gasteiger partial charge in [0.2, 0.25) is 0 Å². The number of piperidine rings is 1. The van der Waals surface area contributed by atoms with Crippen LogP contribution >= 0.6 is 0 Å². The quantitative estimate of drug-likeness (QED) is 0.836. The van der Waals surface area contributed by atoms with Gasteiger partial charge in [0.15, 0.2) is 0 Å². The number of hydrogen-bond acceptors (Lipinski definition) is 4. The monoisotopic (exact) mass is 362 g/mol. The smallest absolute Gasteiger partial charge is 0.399 e. The second-order valence-electron chi connectivity index (χ2n) is 8.38. The van der Waals surface area contributed by atoms with Crippen molar-refractivity contribution in [1.29, 1.82) is 0 Å². The van der Waals surface area contributed by atoms with Crippen molar-refractivity contribution >= 4 is 18.5 Å². The number of carbonyl (C=O) groups is 1. The molecule has 26 heavy (non-hydrogen) atoms. The average Bonchev–Trinajstić information content (AvgIpc) is 2.77. The zero-order chi connectivity index (χ0) is 19.1. The average molecular weight is 362 g/mol. The molecule has 7 heteroatoms. The van der Waals surface area contributed by atoms with Gasteiger partial charge in [-0.15, -0.1) is 0 Å². The molecule has 5 nitrogen and oxygen atoms in total. The number of nitrogens with zero attached hydrogens (tertiary/aromatic N) is 1. The summed E-state index contributed by atoms with van der Waals surface area (Å²) in [4.78, 5) is 14.7. The number of rotatable bonds is 3. The molecule has 2 aliphatic heterocycles. The first-order valence-electron chi connectivity index (χ1n) is 9.23. The maximum absolute atomic E-state index is 14.6. The van der Waals surface area contributed by atoms with Crippen molar-refractivity contribution in [2.45, 2.75) is 57.8 Å². The van der Waals surface area contributed by atoms with Crippen LogP contribution < -0.4 is 10.8 Å². The molecule has 0 spiro atoms. The predicted octanol–water partition coefficient (Wildman–Crippen LogP) is 1.95. The first-order chi connectivity index (χ1) is 12.1. The fraction of sp³-hybridized carbons (Fsp3) is 0.632. The summed E-state index contributed by atoms with van der Waals surface area (Å²) in [6.45, 7) is 9.68. The van der Waals surface area contributed by atoms with Crippen molar-refractivity contribution in [2.24, 2.45) is 0 Å². The van der Waals surface area contributed by atoms with E-state index in [1.807, 2.05) is 27.7 Å². The Morgan fingerprint density at radius 3 is 2.31 bits per heavy atom. The number of halogens is 1. The van der Waals surface area contributed by atoms with Gasteiger partial charge in [-0.25, -0.2) is 4.39 Å². The van der Waals surface area contributed by atoms with E-state index in [1.54, 1.807) is 6.07 Å². The topological polar surface area (TPSA) is 50.8 Å². The Balaban J connectivity index is 1.69. The van der Waals surface area contributed by atoms with Crippen LogP contribution in [0.5, 0.6) is 0 Å². The SMILES string of the molecule is CN1CCC(NC(=O)c2ccc(B3OC(C)(C)C(C)(C)O3)cc2F)CC1. The van der Waals surface area contributed by atoms with Gasteiger partial charge in [0.25, 0.3) is 5.91 Å². The van der Waals surface area contributed by atoms with Crippen molar-refractivity contribution < 1.29 is 18.5 Å². The minimum atomic E-state index is -0.638. The van der Waals surface area contributed by atoms with Gasteiger partial charge in [0.1, 0.15) is 5.82 Å². The van der Waals surface area contributed by atoms with E-state index in [-0.39, 0.29) is 17.5 Å². The Labute approximate surface area is 155 Å². The molecule has 0 aliphatic carbocycles. The summed E-state index contributed by atoms with van der Waals surface area (Å²) in [5, 5.41) is 2.94. The van der Waals surface area contributed by atoms with E-state index < -0.39 is 24.1 Å². The predicted molar refractivity (Wildman–Crippen MR) is 100 cm³/mol. The molecule has 1 aromatic rings. The Morgan fingerprint density at radius 1 is 1.19 bits per heavy atom. The third kappa shape index (κ3) is 3.80. The van der Waals surface area contributed by atoms with E-state index in [0.29, 0.717) is 5.46 Å². The molecule has 1 aromatic carbocycles. The van der Waals surface area contributed by atoms with Crippen molar-refractivity contribution in [1.82, 2.24) is 10.2 Å². The normalized spacial score (nSPS) is 23.2. The molecule has 0 aromatic heterocycles. The molecule has 2 heterocycles. The van der Waals surface area contributed by atoms with Crippen LogP contribution in [0.4, 0.5) is 4.39 Å². The van der Waals surface area contributed by atoms with Crippen LogP contribution in [0, 0.1) is 5.82 Å². The first kappa shape index (κ1) is 19.3. The summed E-state index contributed by atoms with van der Waals surface area (Å²) < 4.78 is 26.5. The molecule has 0 atom stereocenters. The maximum Gasteiger partial charge on any atom is 0.494 e. The summed E-state index contributed by atoms with van der Waals surface area (Å²) in [6.07, 6.45) is 1.77. The number of nitrogens with one attached hydrogen (secondary N) is 1. The van der Waals surface area contributed by atoms with Crippen LogP contribution in [-0.2, 0) is 9.31 Å². The Morgan fingerprint density at radius 2 is 1.77 bits per heavy atom. The summed E-state index contributed by atoms with van der Waals surface area (Å²) in [7, 11) is 1.42. The molecule has 1 N–H and O–H groups in total. The summed E-state index contributed by atoms with van der Waals surface area (Å²) in [5.41, 5.74) is -0.336. The minimum Gasteiger partial charge on any atom is -0.399 e. The van der Waals surface area contributed by atoms with E-state index in [4.69, 9.17) is 9.31 Å². The number of likely N-dealkylation sites (tertiary alicyclic amines) is 1. The van der Waals surface area contributed by atoms with Crippen LogP contribution in [0.15, 0.2) is 18.2 Å². The molecular formula is C19H28BFN2O3. The number of carbonyl (C=O) groups excluding carboxylic acids is 1. The molecule has 1 amide bonds. The summed E-state index contributed by atoms with van der Waals surface area (Å²) in [6, 6.07) is 4.65. The second kappa shape index (κ2) is 6.95. The fourth-order valence-corrected chi connectivity index (χ4v) is 3.26. The molecule has 2 aliphatic rings. The van der Waals surface area contributed by atoms with Crippen molar-refractivity contribution in [3.05, 3.63) is 29.6 Å². The summed E-state index contributed by atoms with van der Waals surface area (Å²) >= 11 is 0. The van der Waals surface area contributed by atoms with E-state index in [0.717, 1.165) is 25.9 Å². The van der Waals surface area contributed by atoms with Gasteiger partial charge in [-0.05, 0) is 78.3 Å². The van der Waals surface area contributed by atoms with Gasteiger partial charge in [0, 0.05) is 6.04 Å². The molecule has 2 saturated heterocycles. The number of benzene rings is 1. The van der Waals surface area contributed by atoms with Crippen LogP contribution in [0.25, 0.3) is 0 Å². The van der Waals surface area contributed by atoms with E-state index in [1.165, 1.54) is 12.1 Å². The van der Waals surface area contributed by atoms with Gasteiger partial charge >= 0.3 is 7.12 Å². The molecular weight excluding hydrogens is 334 g/mol. The standard InChI is InChI=1S/C19H28BFN2O3/c1-18(2)19(3,4)26-20(25-18)13-6-7-15(16(21)12-13)17(24)22-14-8-10-23(5)11-9-14/h6-7,12,14H,8-11H2,1-5H3,(H,22,24). The van der Waals surface area contributed by atoms with Gasteiger partial charge in [-0.1, -0.05) is 6.07 Å². The van der Waals surface area contributed by atoms with Gasteiger partial charge < -0.3 is 19.5 Å². The summed E-state index contributed by atoms with van der Waals surface area (Å²) in [5.74, 6) is -0.917. The van der Waals surface area contributed by atoms with E-state index in [9.17, 15) is 9.18 Å². The molecule has 142 valence electrons. The highest BCUT2D eigenvalue weighted by Gasteiger charge is 2.51. The van der Waals surface area contributed by atoms with Gasteiger partial charge in [-0.2, -0.15) is 0 Å². The lowest BCUT2D eigenvalue weighted by Gasteiger charge is -2.32. The first-order valence-corrected chi connectivity index (χ1v) is 9.23. The van der Waals surface area contributed by atoms with Crippen molar-refractivity contribution in [2.75, 3.05) is 20.1 Å². The third-order valence-corrected chi connectivity index (χ3v) is 5.82. The van der Waals surface area contributed by atoms with Crippen LogP contribution in [0.3, 0.4) is 0 Å². The van der Waals surface area contributed by atoms with Crippen LogP contribution in [0.2, 0.25) is 0 Å². The van der Waals surface area contributed by atoms with E-state index >= 15 is 0 Å². The lowest BCUT2D eigenvalue weighted by atomic mass is 9.78. The molecule has 0 radical (unpaired) electrons. The zero-order valence-corrected chi connectivity index (χ0v) is 16.3. The Bertz CT molecular complexity index is 671. The molecule has 0 bridgehead atoms. The molecule has 0 saturated carbocycles. The lowest BCUT2D eigenvalue weighted by Crippen LogP contribution is -2.43. The second-order valence-corrected chi connectivity index (χ2v) is 8.38. The van der Waals surface area contributed by atoms with Crippen molar-refractivity contribution in [3.8, 4) is 0 Å². The van der Waals surface area contributed by atoms with Gasteiger partial charge in [0.05, 0.1) is 16.8 Å². The van der Waals surface area contributed by atoms with Gasteiger partial charge in [-0.3, -0.25) is 4.79 Å². The number of amides is 1. The van der Waals surface area contributed by atoms with Crippen molar-refractivity contribution in [3.63, 3.8) is 0 Å². The highest BCUT2D eigenvalue weighted by molar-refractivity contribution is 6.62. The molecule has 0 unspecified atom stereocenters. The van der Waals surface area contributed by atoms with Crippen LogP contribution in [-0.4, -0.2) is 55.3 Å². The Hall–Kier alpha value is -1.44. The fourth-order valence-electron chi connectivity index (χ4n) is 3.26. The highest BCUT2D eigenvalue weighted by atomic mass is 19.1. The molecule has 3 rings (SSSR count). The molecule has 2 fully saturated rings. The zero-order valence-electron chi connectivity index (χ0n) is 16.3. The Kier molecular flexibility index (Phi) is 5.16. The van der Waals surface area contributed by atoms with Crippen LogP contribution in [0.1, 0.15) is 50.9 Å². The number of hydrogen-bond donors (Lipinski definition) is 1. The highest BCUT2D eigenvalue weighted by Crippen LogP contribution is 2.36. The van der Waals surface area contributed by atoms with E-state index in [2.05, 4.69) is 17.3 Å².